The van der Waals surface area contributed by atoms with Gasteiger partial charge in [-0.3, -0.25) is 5.32 Å². The molecule has 22 heavy (non-hydrogen) atoms. The van der Waals surface area contributed by atoms with Crippen molar-refractivity contribution in [2.45, 2.75) is 89.8 Å². The first kappa shape index (κ1) is 24.6. The van der Waals surface area contributed by atoms with E-state index in [9.17, 15) is 9.90 Å². The van der Waals surface area contributed by atoms with Crippen molar-refractivity contribution in [3.63, 3.8) is 0 Å². The van der Waals surface area contributed by atoms with Crippen LogP contribution in [0.3, 0.4) is 0 Å². The number of carbonyl (C=O) groups is 1. The zero-order valence-electron chi connectivity index (χ0n) is 14.7. The van der Waals surface area contributed by atoms with Gasteiger partial charge in [-0.05, 0) is 12.8 Å². The summed E-state index contributed by atoms with van der Waals surface area (Å²) in [5, 5.41) is 12.9. The van der Waals surface area contributed by atoms with Crippen LogP contribution in [0.4, 0.5) is 0 Å². The van der Waals surface area contributed by atoms with Gasteiger partial charge in [0.25, 0.3) is 0 Å². The van der Waals surface area contributed by atoms with E-state index >= 15 is 0 Å². The molecular formula is C16H34N3NaO2. The Morgan fingerprint density at radius 1 is 0.909 bits per heavy atom. The van der Waals surface area contributed by atoms with Crippen LogP contribution in [0.1, 0.15) is 84.0 Å². The summed E-state index contributed by atoms with van der Waals surface area (Å²) in [6, 6.07) is 0. The number of aliphatic carboxylic acids is 1. The first-order chi connectivity index (χ1) is 9.98. The summed E-state index contributed by atoms with van der Waals surface area (Å²) < 4.78 is 0. The van der Waals surface area contributed by atoms with Crippen LogP contribution in [-0.4, -0.2) is 18.3 Å². The second kappa shape index (κ2) is 16.2. The molecule has 0 atom stereocenters. The minimum absolute atomic E-state index is 0. The zero-order chi connectivity index (χ0) is 16.0. The Morgan fingerprint density at radius 2 is 1.32 bits per heavy atom. The zero-order valence-corrected chi connectivity index (χ0v) is 16.7. The quantitative estimate of drug-likeness (QED) is 0.195. The van der Waals surface area contributed by atoms with Crippen LogP contribution in [0.15, 0.2) is 0 Å². The number of hydrogen-bond acceptors (Lipinski definition) is 5. The van der Waals surface area contributed by atoms with Gasteiger partial charge in [-0.15, -0.1) is 0 Å². The Hall–Kier alpha value is 0.350. The van der Waals surface area contributed by atoms with Gasteiger partial charge in [-0.2, -0.15) is 0 Å². The Balaban J connectivity index is 0. The molecule has 0 spiro atoms. The SMILES string of the molecule is CCCCCCCCCCCCCC(N)(N)NCC(=O)[O-].[Na+]. The molecule has 0 aromatic carbocycles. The van der Waals surface area contributed by atoms with Gasteiger partial charge in [0.05, 0.1) is 5.97 Å². The Kier molecular flexibility index (Phi) is 18.1. The summed E-state index contributed by atoms with van der Waals surface area (Å²) in [6.07, 6.45) is 14.5. The largest absolute Gasteiger partial charge is 1.00 e. The smallest absolute Gasteiger partial charge is 0.549 e. The molecule has 0 aliphatic heterocycles. The summed E-state index contributed by atoms with van der Waals surface area (Å²) in [4.78, 5) is 10.3. The van der Waals surface area contributed by atoms with Crippen molar-refractivity contribution in [1.82, 2.24) is 5.32 Å². The topological polar surface area (TPSA) is 104 Å². The molecule has 0 bridgehead atoms. The number of carboxylic acid groups (broad SMARTS) is 1. The molecule has 5 N–H and O–H groups in total. The van der Waals surface area contributed by atoms with Crippen molar-refractivity contribution in [3.05, 3.63) is 0 Å². The molecule has 6 heteroatoms. The van der Waals surface area contributed by atoms with Crippen LogP contribution in [0.2, 0.25) is 0 Å². The number of hydrogen-bond donors (Lipinski definition) is 3. The fraction of sp³-hybridized carbons (Fsp3) is 0.938. The van der Waals surface area contributed by atoms with E-state index in [2.05, 4.69) is 12.2 Å². The fourth-order valence-electron chi connectivity index (χ4n) is 2.41. The number of nitrogens with one attached hydrogen (secondary N) is 1. The molecule has 0 heterocycles. The van der Waals surface area contributed by atoms with E-state index < -0.39 is 11.8 Å². The molecule has 0 aromatic heterocycles. The van der Waals surface area contributed by atoms with Gasteiger partial charge in [-0.1, -0.05) is 71.1 Å². The van der Waals surface area contributed by atoms with Crippen molar-refractivity contribution < 1.29 is 39.5 Å². The normalized spacial score (nSPS) is 11.2. The molecule has 0 radical (unpaired) electrons. The van der Waals surface area contributed by atoms with E-state index in [1.165, 1.54) is 57.8 Å². The minimum atomic E-state index is -1.19. The third kappa shape index (κ3) is 18.4. The van der Waals surface area contributed by atoms with Crippen LogP contribution >= 0.6 is 0 Å². The molecule has 0 saturated heterocycles. The van der Waals surface area contributed by atoms with Crippen LogP contribution in [0.5, 0.6) is 0 Å². The Labute approximate surface area is 158 Å². The Bertz CT molecular complexity index is 264. The van der Waals surface area contributed by atoms with E-state index in [1.54, 1.807) is 0 Å². The average molecular weight is 323 g/mol. The number of carboxylic acids is 1. The second-order valence-electron chi connectivity index (χ2n) is 6.05. The molecule has 0 saturated carbocycles. The number of nitrogens with two attached hydrogens (primary N) is 2. The second-order valence-corrected chi connectivity index (χ2v) is 6.05. The van der Waals surface area contributed by atoms with E-state index in [-0.39, 0.29) is 36.1 Å². The van der Waals surface area contributed by atoms with Gasteiger partial charge in [0, 0.05) is 6.54 Å². The molecule has 0 amide bonds. The van der Waals surface area contributed by atoms with Crippen LogP contribution in [0.25, 0.3) is 0 Å². The van der Waals surface area contributed by atoms with E-state index in [4.69, 9.17) is 11.5 Å². The Morgan fingerprint density at radius 3 is 1.73 bits per heavy atom. The van der Waals surface area contributed by atoms with Crippen LogP contribution in [-0.2, 0) is 4.79 Å². The fourth-order valence-corrected chi connectivity index (χ4v) is 2.41. The van der Waals surface area contributed by atoms with Gasteiger partial charge in [-0.25, -0.2) is 0 Å². The van der Waals surface area contributed by atoms with Gasteiger partial charge in [0.1, 0.15) is 5.79 Å². The van der Waals surface area contributed by atoms with Crippen molar-refractivity contribution in [2.75, 3.05) is 6.54 Å². The van der Waals surface area contributed by atoms with Gasteiger partial charge in [0.2, 0.25) is 0 Å². The maximum absolute atomic E-state index is 10.3. The van der Waals surface area contributed by atoms with Gasteiger partial charge in [0.15, 0.2) is 0 Å². The summed E-state index contributed by atoms with van der Waals surface area (Å²) in [5.74, 6) is -2.28. The van der Waals surface area contributed by atoms with E-state index in [0.717, 1.165) is 12.8 Å². The van der Waals surface area contributed by atoms with Crippen LogP contribution in [0, 0.1) is 0 Å². The third-order valence-electron chi connectivity index (χ3n) is 3.76. The summed E-state index contributed by atoms with van der Waals surface area (Å²) in [6.45, 7) is 1.94. The molecule has 0 unspecified atom stereocenters. The molecule has 0 aliphatic rings. The van der Waals surface area contributed by atoms with Crippen molar-refractivity contribution in [3.8, 4) is 0 Å². The number of unbranched alkanes of at least 4 members (excludes halogenated alkanes) is 10. The predicted molar refractivity (Wildman–Crippen MR) is 85.2 cm³/mol. The minimum Gasteiger partial charge on any atom is -0.549 e. The van der Waals surface area contributed by atoms with Crippen molar-refractivity contribution >= 4 is 5.97 Å². The first-order valence-corrected chi connectivity index (χ1v) is 8.50. The molecule has 0 aliphatic carbocycles. The first-order valence-electron chi connectivity index (χ1n) is 8.50. The van der Waals surface area contributed by atoms with E-state index in [1.807, 2.05) is 0 Å². The average Bonchev–Trinajstić information content (AvgIpc) is 2.43. The standard InChI is InChI=1S/C16H35N3O2.Na/c1-2-3-4-5-6-7-8-9-10-11-12-13-16(17,18)19-14-15(20)21;/h19H,2-14,17-18H2,1H3,(H,20,21);/q;+1/p-1. The van der Waals surface area contributed by atoms with Gasteiger partial charge < -0.3 is 21.4 Å². The maximum Gasteiger partial charge on any atom is 1.00 e. The third-order valence-corrected chi connectivity index (χ3v) is 3.76. The predicted octanol–water partition coefficient (Wildman–Crippen LogP) is -1.40. The van der Waals surface area contributed by atoms with Gasteiger partial charge >= 0.3 is 29.6 Å². The van der Waals surface area contributed by atoms with Crippen LogP contribution < -0.4 is 51.4 Å². The monoisotopic (exact) mass is 323 g/mol. The molecular weight excluding hydrogens is 289 g/mol. The van der Waals surface area contributed by atoms with Crippen molar-refractivity contribution in [1.29, 1.82) is 0 Å². The molecule has 0 rings (SSSR count). The summed E-state index contributed by atoms with van der Waals surface area (Å²) in [5.41, 5.74) is 11.5. The number of carbonyl (C=O) groups excluding carboxylic acids is 1. The number of rotatable bonds is 15. The summed E-state index contributed by atoms with van der Waals surface area (Å²) in [7, 11) is 0. The van der Waals surface area contributed by atoms with Crippen molar-refractivity contribution in [2.24, 2.45) is 11.5 Å². The molecule has 126 valence electrons. The molecule has 0 fully saturated rings. The molecule has 5 nitrogen and oxygen atoms in total. The maximum atomic E-state index is 10.3. The summed E-state index contributed by atoms with van der Waals surface area (Å²) >= 11 is 0. The van der Waals surface area contributed by atoms with E-state index in [0.29, 0.717) is 6.42 Å². The molecule has 0 aromatic rings.